The molecule has 0 aliphatic heterocycles. The highest BCUT2D eigenvalue weighted by atomic mass is 79.9. The van der Waals surface area contributed by atoms with Gasteiger partial charge in [-0.3, -0.25) is 4.79 Å². The molecule has 10 nitrogen and oxygen atoms in total. The van der Waals surface area contributed by atoms with Crippen molar-refractivity contribution in [1.29, 1.82) is 0 Å². The first kappa shape index (κ1) is 25.9. The average Bonchev–Trinajstić information content (AvgIpc) is 2.71. The van der Waals surface area contributed by atoms with Crippen LogP contribution in [-0.2, 0) is 14.8 Å². The molecule has 2 amide bonds. The number of benzene rings is 2. The number of phenols is 1. The first-order valence-electron chi connectivity index (χ1n) is 9.35. The Morgan fingerprint density at radius 2 is 1.75 bits per heavy atom. The molecule has 2 aromatic carbocycles. The van der Waals surface area contributed by atoms with Crippen LogP contribution in [0.3, 0.4) is 0 Å². The number of carbonyl (C=O) groups is 2. The van der Waals surface area contributed by atoms with Gasteiger partial charge in [0, 0.05) is 11.0 Å². The lowest BCUT2D eigenvalue weighted by Crippen LogP contribution is -2.30. The number of nitrogens with two attached hydrogens (primary N) is 1. The zero-order valence-corrected chi connectivity index (χ0v) is 19.8. The normalized spacial score (nSPS) is 12.2. The summed E-state index contributed by atoms with van der Waals surface area (Å²) in [5.41, 5.74) is 5.71. The number of hydrogen-bond acceptors (Lipinski definition) is 6. The van der Waals surface area contributed by atoms with E-state index >= 15 is 0 Å². The van der Waals surface area contributed by atoms with E-state index in [9.17, 15) is 23.1 Å². The Bertz CT molecular complexity index is 1100. The number of sulfonamides is 1. The molecular weight excluding hydrogens is 528 g/mol. The van der Waals surface area contributed by atoms with Gasteiger partial charge in [0.2, 0.25) is 10.0 Å². The van der Waals surface area contributed by atoms with Gasteiger partial charge in [0.25, 0.3) is 0 Å². The number of urea groups is 1. The number of rotatable bonds is 10. The molecular formula is C19H22BrClN4O6S. The number of aliphatic carboxylic acids is 1. The maximum Gasteiger partial charge on any atom is 0.323 e. The molecule has 0 heterocycles. The number of unbranched alkanes of at least 4 members (excludes halogenated alkanes) is 1. The van der Waals surface area contributed by atoms with Crippen LogP contribution in [0.1, 0.15) is 19.3 Å². The topological polar surface area (TPSA) is 171 Å². The van der Waals surface area contributed by atoms with Crippen molar-refractivity contribution in [2.75, 3.05) is 17.2 Å². The molecule has 0 radical (unpaired) electrons. The average molecular weight is 550 g/mol. The number of nitrogens with one attached hydrogen (secondary N) is 3. The maximum absolute atomic E-state index is 12.6. The van der Waals surface area contributed by atoms with E-state index in [0.717, 1.165) is 0 Å². The molecule has 174 valence electrons. The summed E-state index contributed by atoms with van der Waals surface area (Å²) in [6.07, 6.45) is 0.895. The second kappa shape index (κ2) is 11.5. The van der Waals surface area contributed by atoms with Gasteiger partial charge in [-0.05, 0) is 53.0 Å². The van der Waals surface area contributed by atoms with Gasteiger partial charge in [0.15, 0.2) is 5.75 Å². The van der Waals surface area contributed by atoms with Crippen LogP contribution in [0.2, 0.25) is 5.02 Å². The molecule has 0 aromatic heterocycles. The zero-order chi connectivity index (χ0) is 23.9. The third kappa shape index (κ3) is 7.07. The molecule has 13 heteroatoms. The van der Waals surface area contributed by atoms with Crippen molar-refractivity contribution < 1.29 is 28.2 Å². The summed E-state index contributed by atoms with van der Waals surface area (Å²) in [5.74, 6) is -1.85. The molecule has 1 atom stereocenters. The molecule has 2 aromatic rings. The van der Waals surface area contributed by atoms with Gasteiger partial charge in [-0.1, -0.05) is 30.2 Å². The van der Waals surface area contributed by atoms with Crippen LogP contribution in [0, 0.1) is 0 Å². The van der Waals surface area contributed by atoms with Crippen molar-refractivity contribution in [3.05, 3.63) is 45.9 Å². The number of anilines is 2. The minimum Gasteiger partial charge on any atom is -0.504 e. The van der Waals surface area contributed by atoms with Gasteiger partial charge >= 0.3 is 12.0 Å². The maximum atomic E-state index is 12.6. The van der Waals surface area contributed by atoms with E-state index in [-0.39, 0.29) is 23.7 Å². The second-order valence-corrected chi connectivity index (χ2v) is 9.64. The van der Waals surface area contributed by atoms with E-state index in [0.29, 0.717) is 23.0 Å². The molecule has 0 saturated heterocycles. The number of amides is 2. The molecule has 0 saturated carbocycles. The fourth-order valence-corrected chi connectivity index (χ4v) is 4.72. The van der Waals surface area contributed by atoms with Gasteiger partial charge in [0.1, 0.15) is 10.9 Å². The molecule has 7 N–H and O–H groups in total. The summed E-state index contributed by atoms with van der Waals surface area (Å²) in [6, 6.07) is 7.63. The van der Waals surface area contributed by atoms with E-state index < -0.39 is 38.7 Å². The number of para-hydroxylation sites is 1. The van der Waals surface area contributed by atoms with E-state index in [2.05, 4.69) is 31.3 Å². The van der Waals surface area contributed by atoms with Crippen molar-refractivity contribution in [3.63, 3.8) is 0 Å². The Kier molecular flexibility index (Phi) is 9.28. The number of phenolic OH excluding ortho intramolecular Hbond substituents is 1. The summed E-state index contributed by atoms with van der Waals surface area (Å²) in [7, 11) is -4.22. The second-order valence-electron chi connectivity index (χ2n) is 6.67. The molecule has 2 rings (SSSR count). The molecule has 0 spiro atoms. The van der Waals surface area contributed by atoms with E-state index in [1.54, 1.807) is 24.3 Å². The lowest BCUT2D eigenvalue weighted by Gasteiger charge is -2.15. The van der Waals surface area contributed by atoms with E-state index in [1.807, 2.05) is 0 Å². The van der Waals surface area contributed by atoms with Crippen molar-refractivity contribution in [2.24, 2.45) is 5.73 Å². The van der Waals surface area contributed by atoms with Gasteiger partial charge < -0.3 is 26.6 Å². The molecule has 0 fully saturated rings. The Morgan fingerprint density at radius 3 is 2.41 bits per heavy atom. The fourth-order valence-electron chi connectivity index (χ4n) is 2.63. The molecule has 0 aliphatic carbocycles. The Hall–Kier alpha value is -2.38. The molecule has 1 unspecified atom stereocenters. The number of aromatic hydroxyl groups is 1. The minimum atomic E-state index is -4.22. The monoisotopic (exact) mass is 548 g/mol. The molecule has 32 heavy (non-hydrogen) atoms. The lowest BCUT2D eigenvalue weighted by atomic mass is 10.1. The van der Waals surface area contributed by atoms with Gasteiger partial charge in [0.05, 0.1) is 16.4 Å². The summed E-state index contributed by atoms with van der Waals surface area (Å²) in [6.45, 7) is -0.0232. The van der Waals surface area contributed by atoms with Crippen molar-refractivity contribution in [2.45, 2.75) is 30.2 Å². The first-order chi connectivity index (χ1) is 15.0. The van der Waals surface area contributed by atoms with Gasteiger partial charge in [-0.2, -0.15) is 0 Å². The summed E-state index contributed by atoms with van der Waals surface area (Å²) < 4.78 is 28.2. The summed E-state index contributed by atoms with van der Waals surface area (Å²) >= 11 is 9.28. The number of hydrogen-bond donors (Lipinski definition) is 6. The lowest BCUT2D eigenvalue weighted by molar-refractivity contribution is -0.138. The Balaban J connectivity index is 2.07. The molecule has 0 aliphatic rings. The predicted octanol–water partition coefficient (Wildman–Crippen LogP) is 3.31. The van der Waals surface area contributed by atoms with Crippen molar-refractivity contribution >= 4 is 60.9 Å². The zero-order valence-electron chi connectivity index (χ0n) is 16.6. The van der Waals surface area contributed by atoms with Crippen LogP contribution in [-0.4, -0.2) is 43.2 Å². The standard InChI is InChI=1S/C19H22BrClN4O6S/c20-11-5-1-2-7-14(11)24-19(29)25-15-9-8-12(21)17(16(15)26)32(30,31)23-10-4-3-6-13(22)18(27)28/h1-2,5,7-9,13,23,26H,3-4,6,10,22H2,(H,27,28)(H2,24,25,29). The largest absolute Gasteiger partial charge is 0.504 e. The number of carboxylic acid groups (broad SMARTS) is 1. The van der Waals surface area contributed by atoms with Crippen molar-refractivity contribution in [1.82, 2.24) is 4.72 Å². The van der Waals surface area contributed by atoms with E-state index in [1.165, 1.54) is 12.1 Å². The minimum absolute atomic E-state index is 0.0232. The number of carbonyl (C=O) groups excluding carboxylic acids is 1. The highest BCUT2D eigenvalue weighted by Crippen LogP contribution is 2.37. The van der Waals surface area contributed by atoms with E-state index in [4.69, 9.17) is 22.4 Å². The highest BCUT2D eigenvalue weighted by Gasteiger charge is 2.25. The summed E-state index contributed by atoms with van der Waals surface area (Å²) in [5, 5.41) is 23.9. The SMILES string of the molecule is NC(CCCCNS(=O)(=O)c1c(Cl)ccc(NC(=O)Nc2ccccc2Br)c1O)C(=O)O. The van der Waals surface area contributed by atoms with Crippen LogP contribution >= 0.6 is 27.5 Å². The third-order valence-corrected chi connectivity index (χ3v) is 6.93. The van der Waals surface area contributed by atoms with Crippen LogP contribution in [0.5, 0.6) is 5.75 Å². The van der Waals surface area contributed by atoms with Gasteiger partial charge in [-0.15, -0.1) is 0 Å². The van der Waals surface area contributed by atoms with Crippen LogP contribution in [0.4, 0.5) is 16.2 Å². The Morgan fingerprint density at radius 1 is 1.09 bits per heavy atom. The summed E-state index contributed by atoms with van der Waals surface area (Å²) in [4.78, 5) is 22.4. The third-order valence-electron chi connectivity index (χ3n) is 4.27. The first-order valence-corrected chi connectivity index (χ1v) is 12.0. The van der Waals surface area contributed by atoms with Gasteiger partial charge in [-0.25, -0.2) is 17.9 Å². The van der Waals surface area contributed by atoms with Crippen LogP contribution < -0.4 is 21.1 Å². The number of halogens is 2. The smallest absolute Gasteiger partial charge is 0.323 e. The predicted molar refractivity (Wildman–Crippen MR) is 125 cm³/mol. The Labute approximate surface area is 198 Å². The van der Waals surface area contributed by atoms with Crippen LogP contribution in [0.15, 0.2) is 45.8 Å². The van der Waals surface area contributed by atoms with Crippen LogP contribution in [0.25, 0.3) is 0 Å². The molecule has 0 bridgehead atoms. The number of carboxylic acids is 1. The fraction of sp³-hybridized carbons (Fsp3) is 0.263. The van der Waals surface area contributed by atoms with Crippen molar-refractivity contribution in [3.8, 4) is 5.75 Å². The quantitative estimate of drug-likeness (QED) is 0.195. The highest BCUT2D eigenvalue weighted by molar-refractivity contribution is 9.10.